The van der Waals surface area contributed by atoms with Crippen molar-refractivity contribution in [1.82, 2.24) is 0 Å². The van der Waals surface area contributed by atoms with Gasteiger partial charge >= 0.3 is 5.97 Å². The molecular formula is C29H48O4. The number of unbranched alkanes of at least 4 members (excludes halogenated alkanes) is 13. The summed E-state index contributed by atoms with van der Waals surface area (Å²) in [7, 11) is 0. The highest BCUT2D eigenvalue weighted by atomic mass is 16.5. The number of aromatic hydroxyl groups is 1. The Kier molecular flexibility index (Phi) is 11.6. The number of hydrogen-bond acceptors (Lipinski definition) is 3. The van der Waals surface area contributed by atoms with Gasteiger partial charge in [0, 0.05) is 5.56 Å². The second-order valence-electron chi connectivity index (χ2n) is 10.5. The lowest BCUT2D eigenvalue weighted by atomic mass is 9.84. The summed E-state index contributed by atoms with van der Waals surface area (Å²) in [6.07, 6.45) is 21.4. The minimum atomic E-state index is -1.08. The molecule has 33 heavy (non-hydrogen) atoms. The summed E-state index contributed by atoms with van der Waals surface area (Å²) in [4.78, 5) is 11.7. The quantitative estimate of drug-likeness (QED) is 0.242. The predicted molar refractivity (Wildman–Crippen MR) is 137 cm³/mol. The fraction of sp³-hybridized carbons (Fsp3) is 0.759. The summed E-state index contributed by atoms with van der Waals surface area (Å²) in [5, 5.41) is 19.9. The average Bonchev–Trinajstić information content (AvgIpc) is 2.78. The molecule has 0 amide bonds. The lowest BCUT2D eigenvalue weighted by molar-refractivity contribution is 0.0504. The first-order chi connectivity index (χ1) is 15.8. The topological polar surface area (TPSA) is 66.8 Å². The van der Waals surface area contributed by atoms with Crippen LogP contribution in [0.2, 0.25) is 0 Å². The zero-order valence-electron chi connectivity index (χ0n) is 21.7. The van der Waals surface area contributed by atoms with Crippen molar-refractivity contribution in [3.8, 4) is 11.5 Å². The van der Waals surface area contributed by atoms with Gasteiger partial charge in [-0.2, -0.15) is 0 Å². The Hall–Kier alpha value is -1.71. The first kappa shape index (κ1) is 27.5. The number of fused-ring (bicyclic) bond motifs is 1. The third-order valence-electron chi connectivity index (χ3n) is 7.60. The van der Waals surface area contributed by atoms with Crippen LogP contribution in [0.25, 0.3) is 0 Å². The van der Waals surface area contributed by atoms with Gasteiger partial charge in [0.05, 0.1) is 0 Å². The Morgan fingerprint density at radius 2 is 1.33 bits per heavy atom. The van der Waals surface area contributed by atoms with E-state index in [1.807, 2.05) is 6.92 Å². The maximum absolute atomic E-state index is 11.7. The van der Waals surface area contributed by atoms with Crippen molar-refractivity contribution in [1.29, 1.82) is 0 Å². The Morgan fingerprint density at radius 1 is 0.848 bits per heavy atom. The van der Waals surface area contributed by atoms with Crippen molar-refractivity contribution in [3.63, 3.8) is 0 Å². The Balaban J connectivity index is 1.65. The number of carbonyl (C=O) groups is 1. The summed E-state index contributed by atoms with van der Waals surface area (Å²) in [6, 6.07) is 0. The lowest BCUT2D eigenvalue weighted by Gasteiger charge is -2.38. The third kappa shape index (κ3) is 8.22. The van der Waals surface area contributed by atoms with Crippen LogP contribution >= 0.6 is 0 Å². The summed E-state index contributed by atoms with van der Waals surface area (Å²) < 4.78 is 6.42. The van der Waals surface area contributed by atoms with Crippen LogP contribution in [0.5, 0.6) is 11.5 Å². The third-order valence-corrected chi connectivity index (χ3v) is 7.60. The molecule has 2 rings (SSSR count). The van der Waals surface area contributed by atoms with Gasteiger partial charge in [-0.05, 0) is 57.6 Å². The highest BCUT2D eigenvalue weighted by Gasteiger charge is 2.36. The number of hydrogen-bond donors (Lipinski definition) is 2. The van der Waals surface area contributed by atoms with Crippen LogP contribution in [-0.2, 0) is 6.42 Å². The molecule has 0 aliphatic carbocycles. The molecule has 0 unspecified atom stereocenters. The van der Waals surface area contributed by atoms with E-state index in [-0.39, 0.29) is 16.9 Å². The molecule has 1 aliphatic rings. The molecule has 0 bridgehead atoms. The number of benzene rings is 1. The lowest BCUT2D eigenvalue weighted by Crippen LogP contribution is -2.37. The van der Waals surface area contributed by atoms with Crippen LogP contribution in [0.3, 0.4) is 0 Å². The molecule has 4 heteroatoms. The van der Waals surface area contributed by atoms with Crippen molar-refractivity contribution < 1.29 is 19.7 Å². The van der Waals surface area contributed by atoms with Crippen LogP contribution in [-0.4, -0.2) is 21.8 Å². The fourth-order valence-corrected chi connectivity index (χ4v) is 5.18. The molecule has 0 fully saturated rings. The van der Waals surface area contributed by atoms with E-state index in [4.69, 9.17) is 4.74 Å². The maximum atomic E-state index is 11.7. The standard InChI is InChI=1S/C29H48O4/c1-5-6-7-8-9-10-11-12-13-14-15-16-17-18-20-29(4)21-19-24-25(28(31)32)26(30)22(2)23(3)27(24)33-29/h30H,5-21H2,1-4H3,(H,31,32)/t29-/m1/s1. The van der Waals surface area contributed by atoms with Crippen molar-refractivity contribution in [3.05, 3.63) is 22.3 Å². The number of carboxylic acids is 1. The normalized spacial score (nSPS) is 17.6. The average molecular weight is 461 g/mol. The molecule has 0 spiro atoms. The monoisotopic (exact) mass is 460 g/mol. The van der Waals surface area contributed by atoms with E-state index in [2.05, 4.69) is 13.8 Å². The molecule has 0 radical (unpaired) electrons. The molecule has 4 nitrogen and oxygen atoms in total. The maximum Gasteiger partial charge on any atom is 0.339 e. The van der Waals surface area contributed by atoms with E-state index in [0.717, 1.165) is 24.8 Å². The van der Waals surface area contributed by atoms with E-state index in [9.17, 15) is 15.0 Å². The van der Waals surface area contributed by atoms with Crippen LogP contribution in [0.15, 0.2) is 0 Å². The highest BCUT2D eigenvalue weighted by molar-refractivity contribution is 5.94. The number of phenols is 1. The van der Waals surface area contributed by atoms with Crippen LogP contribution in [0, 0.1) is 13.8 Å². The minimum absolute atomic E-state index is 0.0200. The predicted octanol–water partition coefficient (Wildman–Crippen LogP) is 8.66. The second kappa shape index (κ2) is 13.9. The number of ether oxygens (including phenoxy) is 1. The smallest absolute Gasteiger partial charge is 0.339 e. The van der Waals surface area contributed by atoms with E-state index in [1.165, 1.54) is 83.5 Å². The van der Waals surface area contributed by atoms with Gasteiger partial charge in [0.15, 0.2) is 0 Å². The zero-order chi connectivity index (χ0) is 24.3. The molecule has 1 atom stereocenters. The van der Waals surface area contributed by atoms with Gasteiger partial charge in [-0.25, -0.2) is 4.79 Å². The van der Waals surface area contributed by atoms with E-state index >= 15 is 0 Å². The molecule has 0 saturated heterocycles. The van der Waals surface area contributed by atoms with Crippen LogP contribution in [0.1, 0.15) is 144 Å². The Morgan fingerprint density at radius 3 is 1.82 bits per heavy atom. The van der Waals surface area contributed by atoms with Gasteiger partial charge in [-0.15, -0.1) is 0 Å². The Labute approximate surface area is 202 Å². The van der Waals surface area contributed by atoms with Gasteiger partial charge in [-0.1, -0.05) is 90.4 Å². The summed E-state index contributed by atoms with van der Waals surface area (Å²) in [5.41, 5.74) is 1.88. The molecule has 1 aromatic carbocycles. The molecule has 1 aliphatic heterocycles. The molecule has 188 valence electrons. The van der Waals surface area contributed by atoms with Gasteiger partial charge in [0.25, 0.3) is 0 Å². The van der Waals surface area contributed by atoms with Crippen molar-refractivity contribution in [2.24, 2.45) is 0 Å². The van der Waals surface area contributed by atoms with Crippen molar-refractivity contribution in [2.45, 2.75) is 142 Å². The van der Waals surface area contributed by atoms with E-state index in [0.29, 0.717) is 23.3 Å². The van der Waals surface area contributed by atoms with Gasteiger partial charge < -0.3 is 14.9 Å². The van der Waals surface area contributed by atoms with Gasteiger partial charge in [0.2, 0.25) is 0 Å². The number of rotatable bonds is 16. The number of aromatic carboxylic acids is 1. The molecule has 0 saturated carbocycles. The fourth-order valence-electron chi connectivity index (χ4n) is 5.18. The van der Waals surface area contributed by atoms with E-state index in [1.54, 1.807) is 6.92 Å². The molecule has 2 N–H and O–H groups in total. The second-order valence-corrected chi connectivity index (χ2v) is 10.5. The molecular weight excluding hydrogens is 412 g/mol. The number of carboxylic acid groups (broad SMARTS) is 1. The Bertz CT molecular complexity index is 755. The largest absolute Gasteiger partial charge is 0.507 e. The molecule has 1 aromatic rings. The zero-order valence-corrected chi connectivity index (χ0v) is 21.7. The van der Waals surface area contributed by atoms with Gasteiger partial charge in [0.1, 0.15) is 22.7 Å². The van der Waals surface area contributed by atoms with Gasteiger partial charge in [-0.3, -0.25) is 0 Å². The summed E-state index contributed by atoms with van der Waals surface area (Å²) in [6.45, 7) is 8.11. The SMILES string of the molecule is CCCCCCCCCCCCCCCC[C@]1(C)CCc2c(c(C)c(C)c(O)c2C(=O)O)O1. The van der Waals surface area contributed by atoms with Crippen molar-refractivity contribution in [2.75, 3.05) is 0 Å². The summed E-state index contributed by atoms with van der Waals surface area (Å²) in [5.74, 6) is -0.509. The minimum Gasteiger partial charge on any atom is -0.507 e. The van der Waals surface area contributed by atoms with Crippen molar-refractivity contribution >= 4 is 5.97 Å². The van der Waals surface area contributed by atoms with Crippen LogP contribution in [0.4, 0.5) is 0 Å². The van der Waals surface area contributed by atoms with Crippen LogP contribution < -0.4 is 4.74 Å². The van der Waals surface area contributed by atoms with E-state index < -0.39 is 5.97 Å². The highest BCUT2D eigenvalue weighted by Crippen LogP contribution is 2.44. The molecule has 1 heterocycles. The first-order valence-electron chi connectivity index (χ1n) is 13.6. The first-order valence-corrected chi connectivity index (χ1v) is 13.6. The summed E-state index contributed by atoms with van der Waals surface area (Å²) >= 11 is 0. The molecule has 0 aromatic heterocycles.